The van der Waals surface area contributed by atoms with Crippen LogP contribution in [0.2, 0.25) is 0 Å². The van der Waals surface area contributed by atoms with Gasteiger partial charge in [0.05, 0.1) is 5.92 Å². The Morgan fingerprint density at radius 3 is 2.50 bits per heavy atom. The molecule has 0 bridgehead atoms. The highest BCUT2D eigenvalue weighted by molar-refractivity contribution is 5.97. The van der Waals surface area contributed by atoms with E-state index in [4.69, 9.17) is 0 Å². The number of hydrogen-bond donors (Lipinski definition) is 1. The molecular weight excluding hydrogens is 303 g/mol. The van der Waals surface area contributed by atoms with Gasteiger partial charge >= 0.3 is 12.0 Å². The predicted octanol–water partition coefficient (Wildman–Crippen LogP) is 2.84. The van der Waals surface area contributed by atoms with Crippen molar-refractivity contribution in [3.05, 3.63) is 34.0 Å². The quantitative estimate of drug-likeness (QED) is 0.686. The van der Waals surface area contributed by atoms with Gasteiger partial charge in [-0.15, -0.1) is 0 Å². The third-order valence-corrected chi connectivity index (χ3v) is 3.73. The summed E-state index contributed by atoms with van der Waals surface area (Å²) in [5, 5.41) is 13.4. The molecule has 0 radical (unpaired) electrons. The van der Waals surface area contributed by atoms with Gasteiger partial charge in [-0.3, -0.25) is 4.79 Å². The molecule has 0 aliphatic heterocycles. The Kier molecular flexibility index (Phi) is 4.62. The zero-order valence-electron chi connectivity index (χ0n) is 11.5. The number of hydrogen-bond acceptors (Lipinski definition) is 4. The van der Waals surface area contributed by atoms with E-state index in [-0.39, 0.29) is 31.2 Å². The second kappa shape index (κ2) is 6.29. The molecule has 22 heavy (non-hydrogen) atoms. The van der Waals surface area contributed by atoms with Gasteiger partial charge in [0.2, 0.25) is 0 Å². The molecule has 0 unspecified atom stereocenters. The van der Waals surface area contributed by atoms with E-state index in [2.05, 4.69) is 10.3 Å². The van der Waals surface area contributed by atoms with Gasteiger partial charge in [0.25, 0.3) is 5.91 Å². The number of aromatic nitrogens is 1. The first-order valence-corrected chi connectivity index (χ1v) is 6.76. The summed E-state index contributed by atoms with van der Waals surface area (Å²) >= 11 is 0. The summed E-state index contributed by atoms with van der Waals surface area (Å²) < 4.78 is 37.7. The van der Waals surface area contributed by atoms with Gasteiger partial charge in [-0.05, 0) is 47.7 Å². The van der Waals surface area contributed by atoms with Crippen molar-refractivity contribution in [3.63, 3.8) is 0 Å². The maximum absolute atomic E-state index is 12.6. The molecule has 0 saturated heterocycles. The highest BCUT2D eigenvalue weighted by Crippen LogP contribution is 2.37. The van der Waals surface area contributed by atoms with Crippen LogP contribution in [0.5, 0.6) is 0 Å². The van der Waals surface area contributed by atoms with E-state index >= 15 is 0 Å². The first-order valence-electron chi connectivity index (χ1n) is 6.76. The third-order valence-electron chi connectivity index (χ3n) is 3.73. The number of nitrogens with zero attached hydrogens (tertiary/aromatic N) is 2. The second-order valence-corrected chi connectivity index (χ2v) is 5.20. The minimum absolute atomic E-state index is 0.0520. The van der Waals surface area contributed by atoms with Gasteiger partial charge in [-0.1, -0.05) is 0 Å². The lowest BCUT2D eigenvalue weighted by Gasteiger charge is -2.30. The Morgan fingerprint density at radius 1 is 1.32 bits per heavy atom. The first kappa shape index (κ1) is 16.2. The summed E-state index contributed by atoms with van der Waals surface area (Å²) in [6, 6.07) is 2.25. The van der Waals surface area contributed by atoms with Gasteiger partial charge in [-0.2, -0.15) is 13.2 Å². The zero-order chi connectivity index (χ0) is 16.3. The van der Waals surface area contributed by atoms with Gasteiger partial charge in [-0.25, -0.2) is 0 Å². The van der Waals surface area contributed by atoms with Crippen LogP contribution in [0.15, 0.2) is 18.3 Å². The molecule has 1 aromatic rings. The average molecular weight is 317 g/mol. The number of carbonyl (C=O) groups is 1. The Hall–Kier alpha value is -2.19. The molecule has 1 aliphatic rings. The van der Waals surface area contributed by atoms with Crippen LogP contribution in [0, 0.1) is 16.0 Å². The van der Waals surface area contributed by atoms with Crippen molar-refractivity contribution >= 4 is 11.7 Å². The Bertz CT molecular complexity index is 569. The van der Waals surface area contributed by atoms with E-state index in [1.807, 2.05) is 0 Å². The summed E-state index contributed by atoms with van der Waals surface area (Å²) in [5.41, 5.74) is -0.189. The van der Waals surface area contributed by atoms with Crippen LogP contribution in [0.3, 0.4) is 0 Å². The maximum atomic E-state index is 12.6. The van der Waals surface area contributed by atoms with Crippen molar-refractivity contribution in [3.8, 4) is 0 Å². The standard InChI is InChI=1S/C13H14F3N3O3/c14-13(15,16)8-3-5-9(6-4-8)18-12(20)10-2-1-7-17-11(10)19(21)22/h1-2,7-9H,3-6H2,(H,18,20). The van der Waals surface area contributed by atoms with E-state index in [0.717, 1.165) is 0 Å². The Morgan fingerprint density at radius 2 is 1.95 bits per heavy atom. The van der Waals surface area contributed by atoms with E-state index in [1.54, 1.807) is 0 Å². The minimum atomic E-state index is -4.21. The summed E-state index contributed by atoms with van der Waals surface area (Å²) in [5.74, 6) is -2.59. The monoisotopic (exact) mass is 317 g/mol. The van der Waals surface area contributed by atoms with Crippen LogP contribution in [0.1, 0.15) is 36.0 Å². The lowest BCUT2D eigenvalue weighted by molar-refractivity contribution is -0.389. The van der Waals surface area contributed by atoms with Crippen LogP contribution in [-0.2, 0) is 0 Å². The number of carbonyl (C=O) groups excluding carboxylic acids is 1. The van der Waals surface area contributed by atoms with Gasteiger partial charge in [0.1, 0.15) is 11.8 Å². The fourth-order valence-electron chi connectivity index (χ4n) is 2.55. The van der Waals surface area contributed by atoms with Crippen LogP contribution in [0.25, 0.3) is 0 Å². The molecule has 1 fully saturated rings. The van der Waals surface area contributed by atoms with Crippen LogP contribution < -0.4 is 5.32 Å². The Balaban J connectivity index is 1.98. The van der Waals surface area contributed by atoms with E-state index in [0.29, 0.717) is 0 Å². The van der Waals surface area contributed by atoms with Crippen LogP contribution >= 0.6 is 0 Å². The fourth-order valence-corrected chi connectivity index (χ4v) is 2.55. The molecule has 1 N–H and O–H groups in total. The normalized spacial score (nSPS) is 22.1. The topological polar surface area (TPSA) is 85.1 Å². The fraction of sp³-hybridized carbons (Fsp3) is 0.538. The number of nitrogens with one attached hydrogen (secondary N) is 1. The van der Waals surface area contributed by atoms with Crippen molar-refractivity contribution < 1.29 is 22.9 Å². The van der Waals surface area contributed by atoms with Gasteiger partial charge < -0.3 is 15.4 Å². The van der Waals surface area contributed by atoms with E-state index in [9.17, 15) is 28.1 Å². The molecule has 1 aromatic heterocycles. The summed E-state index contributed by atoms with van der Waals surface area (Å²) in [6.07, 6.45) is -2.72. The highest BCUT2D eigenvalue weighted by atomic mass is 19.4. The van der Waals surface area contributed by atoms with Crippen molar-refractivity contribution in [2.75, 3.05) is 0 Å². The van der Waals surface area contributed by atoms with E-state index < -0.39 is 34.8 Å². The minimum Gasteiger partial charge on any atom is -0.358 e. The van der Waals surface area contributed by atoms with Crippen LogP contribution in [-0.4, -0.2) is 28.0 Å². The predicted molar refractivity (Wildman–Crippen MR) is 70.2 cm³/mol. The highest BCUT2D eigenvalue weighted by Gasteiger charge is 2.41. The lowest BCUT2D eigenvalue weighted by Crippen LogP contribution is -2.40. The molecule has 0 spiro atoms. The Labute approximate surface area is 123 Å². The largest absolute Gasteiger partial charge is 0.391 e. The molecule has 0 aromatic carbocycles. The molecule has 1 heterocycles. The number of halogens is 3. The third kappa shape index (κ3) is 3.71. The smallest absolute Gasteiger partial charge is 0.358 e. The molecule has 9 heteroatoms. The molecule has 2 rings (SSSR count). The van der Waals surface area contributed by atoms with Crippen molar-refractivity contribution in [2.24, 2.45) is 5.92 Å². The number of pyridine rings is 1. The zero-order valence-corrected chi connectivity index (χ0v) is 11.5. The van der Waals surface area contributed by atoms with Crippen molar-refractivity contribution in [2.45, 2.75) is 37.9 Å². The summed E-state index contributed by atoms with van der Waals surface area (Å²) in [6.45, 7) is 0. The average Bonchev–Trinajstić information content (AvgIpc) is 2.46. The second-order valence-electron chi connectivity index (χ2n) is 5.20. The van der Waals surface area contributed by atoms with Gasteiger partial charge in [0, 0.05) is 6.04 Å². The molecule has 1 amide bonds. The number of amides is 1. The SMILES string of the molecule is O=C(NC1CCC(C(F)(F)F)CC1)c1cccnc1[N+](=O)[O-]. The van der Waals surface area contributed by atoms with E-state index in [1.165, 1.54) is 18.3 Å². The number of nitro groups is 1. The first-order chi connectivity index (χ1) is 10.3. The van der Waals surface area contributed by atoms with Gasteiger partial charge in [0.15, 0.2) is 0 Å². The molecule has 120 valence electrons. The van der Waals surface area contributed by atoms with Crippen LogP contribution in [0.4, 0.5) is 19.0 Å². The lowest BCUT2D eigenvalue weighted by atomic mass is 9.85. The van der Waals surface area contributed by atoms with Crippen molar-refractivity contribution in [1.29, 1.82) is 0 Å². The number of rotatable bonds is 3. The summed E-state index contributed by atoms with van der Waals surface area (Å²) in [7, 11) is 0. The molecular formula is C13H14F3N3O3. The number of alkyl halides is 3. The molecule has 6 nitrogen and oxygen atoms in total. The summed E-state index contributed by atoms with van der Waals surface area (Å²) in [4.78, 5) is 25.6. The molecule has 1 saturated carbocycles. The molecule has 0 atom stereocenters. The maximum Gasteiger partial charge on any atom is 0.391 e. The van der Waals surface area contributed by atoms with Crippen molar-refractivity contribution in [1.82, 2.24) is 10.3 Å². The molecule has 1 aliphatic carbocycles.